The van der Waals surface area contributed by atoms with E-state index in [0.717, 1.165) is 40.0 Å². The van der Waals surface area contributed by atoms with Crippen molar-refractivity contribution in [3.63, 3.8) is 0 Å². The Labute approximate surface area is 231 Å². The lowest BCUT2D eigenvalue weighted by Crippen LogP contribution is -2.39. The van der Waals surface area contributed by atoms with Crippen molar-refractivity contribution in [3.8, 4) is 11.3 Å². The molecule has 2 aromatic carbocycles. The van der Waals surface area contributed by atoms with Crippen molar-refractivity contribution in [2.24, 2.45) is 5.92 Å². The number of halogens is 2. The summed E-state index contributed by atoms with van der Waals surface area (Å²) in [7, 11) is -3.49. The van der Waals surface area contributed by atoms with Crippen LogP contribution in [0.1, 0.15) is 38.2 Å². The summed E-state index contributed by atoms with van der Waals surface area (Å²) in [6, 6.07) is 16.9. The standard InChI is InChI=1S/C27H29BrClN5O2S/c1-18(2)20-7-9-21(10-8-20)37(35,36)33-13-11-19(12-14-33)16-30-26-15-25(22-5-3-4-6-24(22)29)32-27-23(28)17-31-34(26)27/h3-10,15,17-19,30H,11-14,16H2,1-2H3. The van der Waals surface area contributed by atoms with Gasteiger partial charge in [0.2, 0.25) is 10.0 Å². The Hall–Kier alpha value is -2.46. The number of nitrogens with one attached hydrogen (secondary N) is 1. The molecule has 1 fully saturated rings. The molecule has 1 saturated heterocycles. The molecule has 0 spiro atoms. The maximum absolute atomic E-state index is 13.2. The lowest BCUT2D eigenvalue weighted by molar-refractivity contribution is 0.282. The lowest BCUT2D eigenvalue weighted by Gasteiger charge is -2.31. The van der Waals surface area contributed by atoms with E-state index in [9.17, 15) is 8.42 Å². The Morgan fingerprint density at radius 2 is 1.81 bits per heavy atom. The largest absolute Gasteiger partial charge is 0.370 e. The topological polar surface area (TPSA) is 79.6 Å². The predicted octanol–water partition coefficient (Wildman–Crippen LogP) is 6.45. The van der Waals surface area contributed by atoms with E-state index in [-0.39, 0.29) is 0 Å². The summed E-state index contributed by atoms with van der Waals surface area (Å²) in [5, 5.41) is 8.62. The van der Waals surface area contributed by atoms with E-state index in [0.29, 0.717) is 47.0 Å². The Morgan fingerprint density at radius 3 is 2.49 bits per heavy atom. The molecule has 4 aromatic rings. The molecule has 1 aliphatic heterocycles. The molecule has 0 amide bonds. The molecule has 0 atom stereocenters. The molecule has 0 aliphatic carbocycles. The van der Waals surface area contributed by atoms with Gasteiger partial charge in [0.15, 0.2) is 5.65 Å². The molecule has 0 saturated carbocycles. The number of fused-ring (bicyclic) bond motifs is 1. The van der Waals surface area contributed by atoms with Gasteiger partial charge in [0.25, 0.3) is 0 Å². The molecule has 0 radical (unpaired) electrons. The molecule has 37 heavy (non-hydrogen) atoms. The second-order valence-corrected chi connectivity index (χ2v) is 12.9. The van der Waals surface area contributed by atoms with E-state index in [1.54, 1.807) is 27.2 Å². The third-order valence-electron chi connectivity index (χ3n) is 6.91. The summed E-state index contributed by atoms with van der Waals surface area (Å²) >= 11 is 9.98. The smallest absolute Gasteiger partial charge is 0.243 e. The monoisotopic (exact) mass is 601 g/mol. The van der Waals surface area contributed by atoms with Crippen LogP contribution in [0.4, 0.5) is 5.82 Å². The highest BCUT2D eigenvalue weighted by molar-refractivity contribution is 9.10. The van der Waals surface area contributed by atoms with Crippen molar-refractivity contribution in [1.29, 1.82) is 0 Å². The van der Waals surface area contributed by atoms with Crippen LogP contribution in [0, 0.1) is 5.92 Å². The number of hydrogen-bond acceptors (Lipinski definition) is 5. The van der Waals surface area contributed by atoms with Gasteiger partial charge in [-0.15, -0.1) is 0 Å². The number of hydrogen-bond donors (Lipinski definition) is 1. The van der Waals surface area contributed by atoms with Gasteiger partial charge in [0.1, 0.15) is 5.82 Å². The maximum Gasteiger partial charge on any atom is 0.243 e. The molecule has 194 valence electrons. The van der Waals surface area contributed by atoms with Crippen molar-refractivity contribution >= 4 is 49.0 Å². The van der Waals surface area contributed by atoms with Gasteiger partial charge in [-0.3, -0.25) is 0 Å². The zero-order chi connectivity index (χ0) is 26.2. The number of benzene rings is 2. The van der Waals surface area contributed by atoms with Crippen LogP contribution in [-0.2, 0) is 10.0 Å². The van der Waals surface area contributed by atoms with Gasteiger partial charge in [-0.2, -0.15) is 13.9 Å². The highest BCUT2D eigenvalue weighted by Gasteiger charge is 2.29. The molecule has 0 bridgehead atoms. The Kier molecular flexibility index (Phi) is 7.58. The zero-order valence-corrected chi connectivity index (χ0v) is 23.9. The minimum absolute atomic E-state index is 0.334. The summed E-state index contributed by atoms with van der Waals surface area (Å²) in [5.41, 5.74) is 3.44. The van der Waals surface area contributed by atoms with Gasteiger partial charge in [-0.1, -0.05) is 55.8 Å². The van der Waals surface area contributed by atoms with Crippen LogP contribution in [0.2, 0.25) is 5.02 Å². The first kappa shape index (κ1) is 26.2. The summed E-state index contributed by atoms with van der Waals surface area (Å²) in [4.78, 5) is 5.12. The van der Waals surface area contributed by atoms with Crippen LogP contribution in [-0.4, -0.2) is 47.0 Å². The summed E-state index contributed by atoms with van der Waals surface area (Å²) in [6.45, 7) is 5.91. The molecular formula is C27H29BrClN5O2S. The number of piperidine rings is 1. The first-order chi connectivity index (χ1) is 17.7. The fourth-order valence-corrected chi connectivity index (χ4v) is 6.70. The van der Waals surface area contributed by atoms with Crippen molar-refractivity contribution in [3.05, 3.63) is 75.9 Å². The van der Waals surface area contributed by atoms with E-state index < -0.39 is 10.0 Å². The number of sulfonamides is 1. The SMILES string of the molecule is CC(C)c1ccc(S(=O)(=O)N2CCC(CNc3cc(-c4ccccc4Cl)nc4c(Br)cnn34)CC2)cc1. The molecule has 1 N–H and O–H groups in total. The zero-order valence-electron chi connectivity index (χ0n) is 20.7. The van der Waals surface area contributed by atoms with Gasteiger partial charge < -0.3 is 5.32 Å². The van der Waals surface area contributed by atoms with Crippen molar-refractivity contribution in [2.75, 3.05) is 25.0 Å². The Balaban J connectivity index is 1.28. The second kappa shape index (κ2) is 10.7. The summed E-state index contributed by atoms with van der Waals surface area (Å²) in [6.07, 6.45) is 3.29. The molecule has 1 aliphatic rings. The molecule has 10 heteroatoms. The van der Waals surface area contributed by atoms with Crippen LogP contribution in [0.15, 0.2) is 70.2 Å². The van der Waals surface area contributed by atoms with Crippen LogP contribution in [0.5, 0.6) is 0 Å². The van der Waals surface area contributed by atoms with Gasteiger partial charge >= 0.3 is 0 Å². The minimum Gasteiger partial charge on any atom is -0.370 e. The Morgan fingerprint density at radius 1 is 1.11 bits per heavy atom. The fraction of sp³-hybridized carbons (Fsp3) is 0.333. The average Bonchev–Trinajstić information content (AvgIpc) is 3.28. The summed E-state index contributed by atoms with van der Waals surface area (Å²) < 4.78 is 30.5. The second-order valence-electron chi connectivity index (χ2n) is 9.69. The molecule has 0 unspecified atom stereocenters. The third kappa shape index (κ3) is 5.41. The molecule has 3 heterocycles. The van der Waals surface area contributed by atoms with Crippen LogP contribution < -0.4 is 5.32 Å². The van der Waals surface area contributed by atoms with Crippen LogP contribution in [0.3, 0.4) is 0 Å². The fourth-order valence-electron chi connectivity index (χ4n) is 4.65. The van der Waals surface area contributed by atoms with Crippen molar-refractivity contribution in [1.82, 2.24) is 18.9 Å². The number of nitrogens with zero attached hydrogens (tertiary/aromatic N) is 4. The predicted molar refractivity (Wildman–Crippen MR) is 152 cm³/mol. The van der Waals surface area contributed by atoms with Crippen molar-refractivity contribution in [2.45, 2.75) is 37.5 Å². The number of aromatic nitrogens is 3. The molecular weight excluding hydrogens is 574 g/mol. The maximum atomic E-state index is 13.2. The number of anilines is 1. The van der Waals surface area contributed by atoms with Crippen LogP contribution in [0.25, 0.3) is 16.9 Å². The van der Waals surface area contributed by atoms with Gasteiger partial charge in [0.05, 0.1) is 21.3 Å². The molecule has 7 nitrogen and oxygen atoms in total. The normalized spacial score (nSPS) is 15.5. The highest BCUT2D eigenvalue weighted by Crippen LogP contribution is 2.31. The minimum atomic E-state index is -3.49. The van der Waals surface area contributed by atoms with Gasteiger partial charge in [-0.25, -0.2) is 13.4 Å². The first-order valence-electron chi connectivity index (χ1n) is 12.4. The lowest BCUT2D eigenvalue weighted by atomic mass is 9.98. The van der Waals surface area contributed by atoms with Gasteiger partial charge in [0, 0.05) is 36.3 Å². The molecule has 5 rings (SSSR count). The van der Waals surface area contributed by atoms with E-state index in [4.69, 9.17) is 16.6 Å². The first-order valence-corrected chi connectivity index (χ1v) is 15.0. The van der Waals surface area contributed by atoms with E-state index in [1.165, 1.54) is 0 Å². The van der Waals surface area contributed by atoms with Crippen molar-refractivity contribution < 1.29 is 8.42 Å². The third-order valence-corrected chi connectivity index (χ3v) is 9.71. The van der Waals surface area contributed by atoms with Crippen LogP contribution >= 0.6 is 27.5 Å². The van der Waals surface area contributed by atoms with E-state index >= 15 is 0 Å². The van der Waals surface area contributed by atoms with Gasteiger partial charge in [-0.05, 0) is 64.4 Å². The van der Waals surface area contributed by atoms with E-state index in [1.807, 2.05) is 42.5 Å². The van der Waals surface area contributed by atoms with E-state index in [2.05, 4.69) is 40.2 Å². The highest BCUT2D eigenvalue weighted by atomic mass is 79.9. The Bertz CT molecular complexity index is 1510. The quantitative estimate of drug-likeness (QED) is 0.263. The number of rotatable bonds is 7. The average molecular weight is 603 g/mol. The molecule has 2 aromatic heterocycles. The summed E-state index contributed by atoms with van der Waals surface area (Å²) in [5.74, 6) is 1.51.